The lowest BCUT2D eigenvalue weighted by Gasteiger charge is -2.17. The largest absolute Gasteiger partial charge is 0.481 e. The van der Waals surface area contributed by atoms with Crippen LogP contribution in [0.2, 0.25) is 0 Å². The molecular weight excluding hydrogens is 568 g/mol. The molecule has 0 spiro atoms. The van der Waals surface area contributed by atoms with E-state index in [1.165, 1.54) is 77.0 Å². The topological polar surface area (TPSA) is 63.6 Å². The maximum absolute atomic E-state index is 12.4. The highest BCUT2D eigenvalue weighted by atomic mass is 16.5. The van der Waals surface area contributed by atoms with E-state index in [1.54, 1.807) is 0 Å². The fourth-order valence-electron chi connectivity index (χ4n) is 5.20. The van der Waals surface area contributed by atoms with Crippen molar-refractivity contribution in [2.45, 2.75) is 180 Å². The Kier molecular flexibility index (Phi) is 34.7. The van der Waals surface area contributed by atoms with Gasteiger partial charge in [0.25, 0.3) is 0 Å². The van der Waals surface area contributed by atoms with Crippen LogP contribution >= 0.6 is 0 Å². The normalized spacial score (nSPS) is 13.1. The molecule has 0 aromatic rings. The first-order valence-corrected chi connectivity index (χ1v) is 18.9. The number of carboxylic acid groups (broad SMARTS) is 1. The molecule has 1 unspecified atom stereocenters. The Morgan fingerprint density at radius 2 is 0.891 bits per heavy atom. The molecule has 0 aliphatic heterocycles. The van der Waals surface area contributed by atoms with Crippen LogP contribution in [0.25, 0.3) is 0 Å². The number of ether oxygens (including phenoxy) is 1. The van der Waals surface area contributed by atoms with Crippen LogP contribution in [0.1, 0.15) is 174 Å². The van der Waals surface area contributed by atoms with Gasteiger partial charge in [0.15, 0.2) is 0 Å². The van der Waals surface area contributed by atoms with Gasteiger partial charge in [0.05, 0.1) is 0 Å². The molecule has 1 atom stereocenters. The van der Waals surface area contributed by atoms with Crippen molar-refractivity contribution in [3.63, 3.8) is 0 Å². The van der Waals surface area contributed by atoms with Crippen LogP contribution in [-0.4, -0.2) is 23.1 Å². The lowest BCUT2D eigenvalue weighted by atomic mass is 10.0. The molecular formula is C42H70O4. The van der Waals surface area contributed by atoms with Gasteiger partial charge in [-0.3, -0.25) is 9.59 Å². The summed E-state index contributed by atoms with van der Waals surface area (Å²) in [4.78, 5) is 23.5. The second-order valence-corrected chi connectivity index (χ2v) is 12.4. The van der Waals surface area contributed by atoms with Crippen LogP contribution < -0.4 is 0 Å². The van der Waals surface area contributed by atoms with Crippen molar-refractivity contribution >= 4 is 11.9 Å². The quantitative estimate of drug-likeness (QED) is 0.0441. The molecule has 1 N–H and O–H groups in total. The summed E-state index contributed by atoms with van der Waals surface area (Å²) in [6.45, 7) is 4.42. The highest BCUT2D eigenvalue weighted by Gasteiger charge is 2.15. The molecule has 0 saturated heterocycles. The number of unbranched alkanes of at least 4 members (excludes halogenated alkanes) is 13. The average Bonchev–Trinajstić information content (AvgIpc) is 3.04. The number of rotatable bonds is 33. The number of carboxylic acids is 1. The molecule has 0 rings (SSSR count). The summed E-state index contributed by atoms with van der Waals surface area (Å²) in [6.07, 6.45) is 52.0. The van der Waals surface area contributed by atoms with Crippen LogP contribution in [0.5, 0.6) is 0 Å². The second kappa shape index (κ2) is 36.8. The van der Waals surface area contributed by atoms with Crippen LogP contribution in [-0.2, 0) is 14.3 Å². The van der Waals surface area contributed by atoms with Crippen molar-refractivity contribution in [3.05, 3.63) is 72.9 Å². The van der Waals surface area contributed by atoms with Gasteiger partial charge < -0.3 is 9.84 Å². The van der Waals surface area contributed by atoms with Gasteiger partial charge in [-0.15, -0.1) is 0 Å². The molecule has 262 valence electrons. The molecule has 0 radical (unpaired) electrons. The summed E-state index contributed by atoms with van der Waals surface area (Å²) in [5.74, 6) is -1.06. The average molecular weight is 639 g/mol. The zero-order valence-electron chi connectivity index (χ0n) is 29.9. The minimum absolute atomic E-state index is 0.0453. The highest BCUT2D eigenvalue weighted by Crippen LogP contribution is 2.17. The Morgan fingerprint density at radius 1 is 0.500 bits per heavy atom. The van der Waals surface area contributed by atoms with Gasteiger partial charge in [-0.25, -0.2) is 0 Å². The molecule has 0 heterocycles. The number of esters is 1. The predicted octanol–water partition coefficient (Wildman–Crippen LogP) is 13.1. The van der Waals surface area contributed by atoms with Gasteiger partial charge in [0, 0.05) is 12.8 Å². The van der Waals surface area contributed by atoms with Crippen molar-refractivity contribution in [2.24, 2.45) is 0 Å². The van der Waals surface area contributed by atoms with Crippen molar-refractivity contribution in [1.82, 2.24) is 0 Å². The van der Waals surface area contributed by atoms with E-state index in [1.807, 2.05) is 6.08 Å². The second-order valence-electron chi connectivity index (χ2n) is 12.4. The lowest BCUT2D eigenvalue weighted by molar-refractivity contribution is -0.151. The minimum atomic E-state index is -0.833. The summed E-state index contributed by atoms with van der Waals surface area (Å²) in [7, 11) is 0. The van der Waals surface area contributed by atoms with E-state index >= 15 is 0 Å². The summed E-state index contributed by atoms with van der Waals surface area (Å²) in [5, 5.41) is 9.10. The third-order valence-electron chi connectivity index (χ3n) is 7.97. The molecule has 46 heavy (non-hydrogen) atoms. The molecule has 0 saturated carbocycles. The van der Waals surface area contributed by atoms with E-state index in [0.29, 0.717) is 19.3 Å². The van der Waals surface area contributed by atoms with Crippen molar-refractivity contribution in [3.8, 4) is 0 Å². The first-order chi connectivity index (χ1) is 22.6. The number of hydrogen-bond donors (Lipinski definition) is 1. The molecule has 4 nitrogen and oxygen atoms in total. The van der Waals surface area contributed by atoms with Gasteiger partial charge in [0.2, 0.25) is 0 Å². The fourth-order valence-corrected chi connectivity index (χ4v) is 5.20. The molecule has 0 aromatic heterocycles. The number of carbonyl (C=O) groups excluding carboxylic acids is 1. The van der Waals surface area contributed by atoms with E-state index in [9.17, 15) is 9.59 Å². The number of aliphatic carboxylic acids is 1. The molecule has 0 amide bonds. The van der Waals surface area contributed by atoms with E-state index in [0.717, 1.165) is 57.8 Å². The third kappa shape index (κ3) is 35.9. The summed E-state index contributed by atoms with van der Waals surface area (Å²) >= 11 is 0. The Hall–Kier alpha value is -2.62. The van der Waals surface area contributed by atoms with Crippen molar-refractivity contribution in [2.75, 3.05) is 0 Å². The summed E-state index contributed by atoms with van der Waals surface area (Å²) < 4.78 is 5.68. The molecule has 0 bridgehead atoms. The first-order valence-electron chi connectivity index (χ1n) is 18.9. The number of allylic oxidation sites excluding steroid dienone is 12. The maximum atomic E-state index is 12.4. The van der Waals surface area contributed by atoms with Gasteiger partial charge in [-0.1, -0.05) is 170 Å². The van der Waals surface area contributed by atoms with E-state index < -0.39 is 5.97 Å². The van der Waals surface area contributed by atoms with Crippen molar-refractivity contribution in [1.29, 1.82) is 0 Å². The van der Waals surface area contributed by atoms with Crippen LogP contribution in [0, 0.1) is 0 Å². The zero-order chi connectivity index (χ0) is 33.6. The molecule has 0 fully saturated rings. The number of hydrogen-bond acceptors (Lipinski definition) is 3. The first kappa shape index (κ1) is 43.4. The maximum Gasteiger partial charge on any atom is 0.306 e. The fraction of sp³-hybridized carbons (Fsp3) is 0.667. The summed E-state index contributed by atoms with van der Waals surface area (Å²) in [6, 6.07) is 0. The third-order valence-corrected chi connectivity index (χ3v) is 7.97. The Labute approximate surface area is 284 Å². The minimum Gasteiger partial charge on any atom is -0.481 e. The Balaban J connectivity index is 3.93. The molecule has 0 aliphatic rings. The van der Waals surface area contributed by atoms with E-state index in [4.69, 9.17) is 9.84 Å². The van der Waals surface area contributed by atoms with Crippen LogP contribution in [0.4, 0.5) is 0 Å². The predicted molar refractivity (Wildman–Crippen MR) is 199 cm³/mol. The van der Waals surface area contributed by atoms with Gasteiger partial charge in [-0.05, 0) is 64.2 Å². The van der Waals surface area contributed by atoms with Gasteiger partial charge in [0.1, 0.15) is 6.10 Å². The van der Waals surface area contributed by atoms with Crippen molar-refractivity contribution < 1.29 is 19.4 Å². The lowest BCUT2D eigenvalue weighted by Crippen LogP contribution is -2.19. The van der Waals surface area contributed by atoms with E-state index in [-0.39, 0.29) is 18.5 Å². The van der Waals surface area contributed by atoms with Gasteiger partial charge in [-0.2, -0.15) is 0 Å². The standard InChI is InChI=1S/C42H70O4/c1-3-5-7-9-11-13-15-17-19-20-21-22-23-25-27-29-31-33-35-37-42(45)46-40(38-39-41(43)44)36-34-32-30-28-26-24-18-16-14-12-10-8-6-4-2/h5,7,11,13,17,19,21-22,25,27,31,33,40H,3-4,6,8-10,12,14-16,18,20,23-24,26,28-30,32,34-39H2,1-2H3,(H,43,44)/b7-5-,13-11-,19-17-,22-21-,27-25-,33-31-. The SMILES string of the molecule is CC/C=C\C/C=C\C/C=C\C/C=C\C/C=C\C/C=C\CCC(=O)OC(CCCCCCCCCCCCCCCC)CCC(=O)O. The Bertz CT molecular complexity index is 861. The van der Waals surface area contributed by atoms with E-state index in [2.05, 4.69) is 80.7 Å². The smallest absolute Gasteiger partial charge is 0.306 e. The molecule has 0 aromatic carbocycles. The molecule has 0 aliphatic carbocycles. The summed E-state index contributed by atoms with van der Waals surface area (Å²) in [5.41, 5.74) is 0. The Morgan fingerprint density at radius 3 is 1.30 bits per heavy atom. The van der Waals surface area contributed by atoms with Gasteiger partial charge >= 0.3 is 11.9 Å². The monoisotopic (exact) mass is 639 g/mol. The molecule has 4 heteroatoms. The highest BCUT2D eigenvalue weighted by molar-refractivity contribution is 5.70. The van der Waals surface area contributed by atoms with Crippen LogP contribution in [0.15, 0.2) is 72.9 Å². The van der Waals surface area contributed by atoms with Crippen LogP contribution in [0.3, 0.4) is 0 Å². The zero-order valence-corrected chi connectivity index (χ0v) is 29.9. The number of carbonyl (C=O) groups is 2.